The molecule has 6 nitrogen and oxygen atoms in total. The number of hydrogen-bond acceptors (Lipinski definition) is 6. The molecule has 3 aromatic rings. The van der Waals surface area contributed by atoms with Crippen LogP contribution in [0.1, 0.15) is 45.7 Å². The molecule has 0 N–H and O–H groups in total. The predicted molar refractivity (Wildman–Crippen MR) is 153 cm³/mol. The zero-order chi connectivity index (χ0) is 27.7. The number of likely N-dealkylation sites (N-methyl/N-ethyl adjacent to an activating group) is 2. The molecule has 38 heavy (non-hydrogen) atoms. The Morgan fingerprint density at radius 1 is 0.842 bits per heavy atom. The second-order valence-electron chi connectivity index (χ2n) is 11.7. The summed E-state index contributed by atoms with van der Waals surface area (Å²) in [4.78, 5) is 42.9. The Morgan fingerprint density at radius 2 is 1.34 bits per heavy atom. The number of nitrogens with zero attached hydrogens (tertiary/aromatic N) is 2. The van der Waals surface area contributed by atoms with Crippen LogP contribution in [0.25, 0.3) is 12.2 Å². The summed E-state index contributed by atoms with van der Waals surface area (Å²) in [7, 11) is 3.96. The van der Waals surface area contributed by atoms with Gasteiger partial charge in [0, 0.05) is 41.9 Å². The van der Waals surface area contributed by atoms with E-state index in [0.29, 0.717) is 11.3 Å². The van der Waals surface area contributed by atoms with Gasteiger partial charge >= 0.3 is 5.97 Å². The van der Waals surface area contributed by atoms with E-state index in [1.807, 2.05) is 44.4 Å². The summed E-state index contributed by atoms with van der Waals surface area (Å²) in [5, 5.41) is 0.498. The van der Waals surface area contributed by atoms with Crippen molar-refractivity contribution in [2.75, 3.05) is 23.9 Å². The molecule has 0 bridgehead atoms. The van der Waals surface area contributed by atoms with Gasteiger partial charge in [-0.25, -0.2) is 4.79 Å². The van der Waals surface area contributed by atoms with Crippen LogP contribution in [0.2, 0.25) is 0 Å². The van der Waals surface area contributed by atoms with Crippen LogP contribution in [0.3, 0.4) is 0 Å². The van der Waals surface area contributed by atoms with Gasteiger partial charge in [-0.2, -0.15) is 0 Å². The Balaban J connectivity index is 1.51. The maximum absolute atomic E-state index is 13.3. The van der Waals surface area contributed by atoms with E-state index < -0.39 is 11.4 Å². The van der Waals surface area contributed by atoms with Crippen molar-refractivity contribution >= 4 is 29.5 Å². The first-order valence-corrected chi connectivity index (χ1v) is 12.9. The van der Waals surface area contributed by atoms with Crippen LogP contribution >= 0.6 is 0 Å². The molecule has 196 valence electrons. The van der Waals surface area contributed by atoms with Gasteiger partial charge in [-0.3, -0.25) is 9.59 Å². The van der Waals surface area contributed by atoms with Gasteiger partial charge in [0.25, 0.3) is 0 Å². The average molecular weight is 511 g/mol. The first kappa shape index (κ1) is 25.7. The number of carbonyl (C=O) groups excluding carboxylic acids is 1. The molecule has 0 spiro atoms. The molecule has 0 aliphatic carbocycles. The number of rotatable bonds is 4. The van der Waals surface area contributed by atoms with Gasteiger partial charge in [0.05, 0.1) is 22.5 Å². The van der Waals surface area contributed by atoms with Crippen molar-refractivity contribution in [2.45, 2.75) is 57.5 Å². The van der Waals surface area contributed by atoms with Crippen molar-refractivity contribution in [1.82, 2.24) is 0 Å². The molecule has 0 amide bonds. The fourth-order valence-corrected chi connectivity index (χ4v) is 6.20. The molecular formula is C32H34N2O4. The second kappa shape index (κ2) is 8.55. The molecule has 2 aliphatic heterocycles. The first-order valence-electron chi connectivity index (χ1n) is 12.9. The lowest BCUT2D eigenvalue weighted by Crippen LogP contribution is -2.66. The normalized spacial score (nSPS) is 20.7. The van der Waals surface area contributed by atoms with E-state index in [4.69, 9.17) is 4.74 Å². The predicted octanol–water partition coefficient (Wildman–Crippen LogP) is 2.92. The summed E-state index contributed by atoms with van der Waals surface area (Å²) in [6.07, 6.45) is 3.66. The van der Waals surface area contributed by atoms with Crippen LogP contribution in [0.15, 0.2) is 64.2 Å². The molecule has 0 saturated carbocycles. The zero-order valence-corrected chi connectivity index (χ0v) is 23.1. The van der Waals surface area contributed by atoms with E-state index in [0.717, 1.165) is 16.9 Å². The molecule has 0 aromatic heterocycles. The number of esters is 1. The third-order valence-electron chi connectivity index (χ3n) is 8.52. The third kappa shape index (κ3) is 3.65. The van der Waals surface area contributed by atoms with Gasteiger partial charge in [0.1, 0.15) is 5.75 Å². The smallest absolute Gasteiger partial charge is 0.338 e. The summed E-state index contributed by atoms with van der Waals surface area (Å²) in [6.45, 7) is 13.7. The molecule has 5 rings (SSSR count). The largest absolute Gasteiger partial charge is 0.423 e. The highest BCUT2D eigenvalue weighted by atomic mass is 16.5. The summed E-state index contributed by atoms with van der Waals surface area (Å²) >= 11 is 0. The fourth-order valence-electron chi connectivity index (χ4n) is 6.20. The van der Waals surface area contributed by atoms with Crippen LogP contribution in [0.4, 0.5) is 11.4 Å². The molecule has 0 radical (unpaired) electrons. The van der Waals surface area contributed by atoms with Gasteiger partial charge in [-0.15, -0.1) is 0 Å². The van der Waals surface area contributed by atoms with E-state index >= 15 is 0 Å². The third-order valence-corrected chi connectivity index (χ3v) is 8.52. The number of benzene rings is 2. The monoisotopic (exact) mass is 510 g/mol. The van der Waals surface area contributed by atoms with Crippen molar-refractivity contribution in [2.24, 2.45) is 0 Å². The molecule has 6 heteroatoms. The number of fused-ring (bicyclic) bond motifs is 2. The Labute approximate surface area is 222 Å². The van der Waals surface area contributed by atoms with Crippen molar-refractivity contribution < 1.29 is 9.53 Å². The lowest BCUT2D eigenvalue weighted by Gasteiger charge is -2.30. The fraction of sp³-hybridized carbons (Fsp3) is 0.344. The second-order valence-corrected chi connectivity index (χ2v) is 11.7. The highest BCUT2D eigenvalue weighted by Gasteiger charge is 2.43. The Kier molecular flexibility index (Phi) is 5.78. The summed E-state index contributed by atoms with van der Waals surface area (Å²) in [5.41, 5.74) is 3.53. The van der Waals surface area contributed by atoms with Crippen LogP contribution in [0.5, 0.6) is 5.75 Å². The number of carbonyl (C=O) groups is 1. The molecule has 0 fully saturated rings. The molecule has 2 aliphatic rings. The molecule has 2 unspecified atom stereocenters. The summed E-state index contributed by atoms with van der Waals surface area (Å²) in [6, 6.07) is 13.4. The van der Waals surface area contributed by atoms with E-state index in [1.54, 1.807) is 19.1 Å². The van der Waals surface area contributed by atoms with Crippen molar-refractivity contribution in [3.63, 3.8) is 0 Å². The van der Waals surface area contributed by atoms with Crippen LogP contribution in [-0.4, -0.2) is 32.1 Å². The number of ether oxygens (including phenoxy) is 1. The van der Waals surface area contributed by atoms with Crippen molar-refractivity contribution in [3.05, 3.63) is 96.6 Å². The topological polar surface area (TPSA) is 66.9 Å². The highest BCUT2D eigenvalue weighted by Crippen LogP contribution is 2.46. The average Bonchev–Trinajstić information content (AvgIpc) is 3.18. The lowest BCUT2D eigenvalue weighted by molar-refractivity contribution is -0.130. The first-order chi connectivity index (χ1) is 17.8. The number of para-hydroxylation sites is 1. The lowest BCUT2D eigenvalue weighted by atomic mass is 9.79. The highest BCUT2D eigenvalue weighted by molar-refractivity contribution is 5.89. The minimum absolute atomic E-state index is 0.0977. The Morgan fingerprint density at radius 3 is 1.87 bits per heavy atom. The van der Waals surface area contributed by atoms with Crippen molar-refractivity contribution in [3.8, 4) is 5.75 Å². The minimum Gasteiger partial charge on any atom is -0.423 e. The summed E-state index contributed by atoms with van der Waals surface area (Å²) in [5.74, 6) is -0.0335. The molecular weight excluding hydrogens is 476 g/mol. The van der Waals surface area contributed by atoms with Crippen LogP contribution in [0, 0.1) is 0 Å². The van der Waals surface area contributed by atoms with Crippen LogP contribution in [-0.2, 0) is 15.6 Å². The minimum atomic E-state index is -0.475. The van der Waals surface area contributed by atoms with Gasteiger partial charge in [0.15, 0.2) is 10.9 Å². The molecule has 2 atom stereocenters. The zero-order valence-electron chi connectivity index (χ0n) is 23.1. The molecule has 0 saturated heterocycles. The maximum atomic E-state index is 13.3. The van der Waals surface area contributed by atoms with E-state index in [1.165, 1.54) is 5.56 Å². The van der Waals surface area contributed by atoms with E-state index in [2.05, 4.69) is 56.2 Å². The van der Waals surface area contributed by atoms with Gasteiger partial charge < -0.3 is 14.5 Å². The van der Waals surface area contributed by atoms with Gasteiger partial charge in [-0.1, -0.05) is 52.5 Å². The van der Waals surface area contributed by atoms with Gasteiger partial charge in [0.2, 0.25) is 0 Å². The summed E-state index contributed by atoms with van der Waals surface area (Å²) < 4.78 is 5.45. The van der Waals surface area contributed by atoms with Crippen LogP contribution < -0.4 is 35.8 Å². The maximum Gasteiger partial charge on any atom is 0.338 e. The van der Waals surface area contributed by atoms with Gasteiger partial charge in [-0.05, 0) is 54.5 Å². The Hall–Kier alpha value is -3.93. The van der Waals surface area contributed by atoms with Crippen molar-refractivity contribution in [1.29, 1.82) is 0 Å². The molecule has 3 aromatic carbocycles. The number of anilines is 2. The SMILES string of the molecule is C=C(C)C(=O)Oc1ccc2c(c1)C(C)(C)C(C=c1c(=O)c(=CC3N(C)c4ccccc4C3(C)C)c1=O)N2C. The Bertz CT molecular complexity index is 1660. The quantitative estimate of drug-likeness (QED) is 0.306. The van der Waals surface area contributed by atoms with E-state index in [9.17, 15) is 14.4 Å². The number of hydrogen-bond donors (Lipinski definition) is 0. The van der Waals surface area contributed by atoms with E-state index in [-0.39, 0.29) is 38.8 Å². The molecule has 2 heterocycles. The standard InChI is InChI=1S/C32H34N2O4/c1-18(2)30(37)38-19-13-14-25-23(15-19)32(5,6)27(34(25)8)17-21-28(35)20(29(21)36)16-26-31(3,4)22-11-9-10-12-24(22)33(26)7/h9-17,26-27H,1H2,2-8H3.